The molecule has 0 aliphatic carbocycles. The van der Waals surface area contributed by atoms with Crippen molar-refractivity contribution >= 4 is 11.9 Å². The molecule has 15 heavy (non-hydrogen) atoms. The van der Waals surface area contributed by atoms with Gasteiger partial charge in [0.25, 0.3) is 0 Å². The Morgan fingerprint density at radius 2 is 2.00 bits per heavy atom. The molecular formula is C10H18N2O3. The molecule has 1 heterocycles. The van der Waals surface area contributed by atoms with Crippen molar-refractivity contribution in [3.05, 3.63) is 0 Å². The molecule has 1 fully saturated rings. The summed E-state index contributed by atoms with van der Waals surface area (Å²) in [7, 11) is 0. The fourth-order valence-electron chi connectivity index (χ4n) is 1.62. The van der Waals surface area contributed by atoms with Crippen molar-refractivity contribution in [2.24, 2.45) is 11.8 Å². The van der Waals surface area contributed by atoms with Crippen LogP contribution in [-0.4, -0.2) is 35.6 Å². The van der Waals surface area contributed by atoms with Crippen molar-refractivity contribution in [3.8, 4) is 0 Å². The zero-order chi connectivity index (χ0) is 11.6. The van der Waals surface area contributed by atoms with Crippen LogP contribution in [-0.2, 0) is 9.59 Å². The minimum absolute atomic E-state index is 0.122. The number of carbonyl (C=O) groups excluding carboxylic acids is 1. The minimum Gasteiger partial charge on any atom is -0.480 e. The molecule has 1 saturated heterocycles. The lowest BCUT2D eigenvalue weighted by Crippen LogP contribution is -2.52. The number of nitrogens with one attached hydrogen (secondary N) is 2. The van der Waals surface area contributed by atoms with Crippen LogP contribution in [0, 0.1) is 11.8 Å². The second kappa shape index (κ2) is 4.18. The molecule has 2 unspecified atom stereocenters. The van der Waals surface area contributed by atoms with Crippen molar-refractivity contribution in [1.82, 2.24) is 10.6 Å². The maximum Gasteiger partial charge on any atom is 0.328 e. The average Bonchev–Trinajstić information content (AvgIpc) is 2.50. The summed E-state index contributed by atoms with van der Waals surface area (Å²) < 4.78 is 0. The molecule has 0 aromatic heterocycles. The maximum absolute atomic E-state index is 11.8. The lowest BCUT2D eigenvalue weighted by molar-refractivity contribution is -0.146. The molecule has 1 aliphatic rings. The molecule has 2 atom stereocenters. The summed E-state index contributed by atoms with van der Waals surface area (Å²) in [6.45, 7) is 6.40. The van der Waals surface area contributed by atoms with Crippen molar-refractivity contribution in [1.29, 1.82) is 0 Å². The van der Waals surface area contributed by atoms with Crippen molar-refractivity contribution in [2.45, 2.75) is 26.3 Å². The van der Waals surface area contributed by atoms with E-state index in [-0.39, 0.29) is 17.7 Å². The molecule has 0 bridgehead atoms. The van der Waals surface area contributed by atoms with Gasteiger partial charge in [-0.25, -0.2) is 4.79 Å². The van der Waals surface area contributed by atoms with Gasteiger partial charge in [0.2, 0.25) is 5.91 Å². The topological polar surface area (TPSA) is 78.4 Å². The van der Waals surface area contributed by atoms with Gasteiger partial charge in [-0.1, -0.05) is 6.92 Å². The van der Waals surface area contributed by atoms with Gasteiger partial charge in [-0.3, -0.25) is 4.79 Å². The van der Waals surface area contributed by atoms with Crippen LogP contribution in [0.4, 0.5) is 0 Å². The Balaban J connectivity index is 2.59. The number of hydrogen-bond donors (Lipinski definition) is 3. The van der Waals surface area contributed by atoms with Crippen LogP contribution in [0.5, 0.6) is 0 Å². The third kappa shape index (κ3) is 2.68. The Kier molecular flexibility index (Phi) is 3.34. The summed E-state index contributed by atoms with van der Waals surface area (Å²) in [6.07, 6.45) is 0. The van der Waals surface area contributed by atoms with Crippen LogP contribution in [0.15, 0.2) is 0 Å². The second-order valence-corrected chi connectivity index (χ2v) is 4.66. The van der Waals surface area contributed by atoms with Crippen molar-refractivity contribution in [3.63, 3.8) is 0 Å². The van der Waals surface area contributed by atoms with E-state index in [1.54, 1.807) is 0 Å². The first-order valence-corrected chi connectivity index (χ1v) is 5.10. The van der Waals surface area contributed by atoms with Gasteiger partial charge < -0.3 is 15.7 Å². The van der Waals surface area contributed by atoms with Crippen LogP contribution in [0.1, 0.15) is 20.8 Å². The molecule has 86 valence electrons. The summed E-state index contributed by atoms with van der Waals surface area (Å²) in [5.74, 6) is -1.06. The highest BCUT2D eigenvalue weighted by Crippen LogP contribution is 2.17. The predicted octanol–water partition coefficient (Wildman–Crippen LogP) is -0.179. The fraction of sp³-hybridized carbons (Fsp3) is 0.800. The van der Waals surface area contributed by atoms with Gasteiger partial charge >= 0.3 is 5.97 Å². The molecular weight excluding hydrogens is 196 g/mol. The molecule has 0 aromatic carbocycles. The molecule has 3 N–H and O–H groups in total. The van der Waals surface area contributed by atoms with E-state index in [9.17, 15) is 9.59 Å². The van der Waals surface area contributed by atoms with Crippen LogP contribution in [0.3, 0.4) is 0 Å². The number of carboxylic acids is 1. The van der Waals surface area contributed by atoms with Crippen LogP contribution in [0.25, 0.3) is 0 Å². The number of hydrogen-bond acceptors (Lipinski definition) is 3. The van der Waals surface area contributed by atoms with Gasteiger partial charge in [0.15, 0.2) is 0 Å². The fourth-order valence-corrected chi connectivity index (χ4v) is 1.62. The molecule has 1 amide bonds. The smallest absolute Gasteiger partial charge is 0.328 e. The number of carbonyl (C=O) groups is 2. The highest BCUT2D eigenvalue weighted by molar-refractivity contribution is 5.87. The maximum atomic E-state index is 11.8. The zero-order valence-corrected chi connectivity index (χ0v) is 9.33. The second-order valence-electron chi connectivity index (χ2n) is 4.66. The largest absolute Gasteiger partial charge is 0.480 e. The Morgan fingerprint density at radius 3 is 2.40 bits per heavy atom. The number of amides is 1. The quantitative estimate of drug-likeness (QED) is 0.609. The van der Waals surface area contributed by atoms with Gasteiger partial charge in [0.1, 0.15) is 5.54 Å². The molecule has 1 rings (SSSR count). The van der Waals surface area contributed by atoms with Crippen LogP contribution in [0.2, 0.25) is 0 Å². The monoisotopic (exact) mass is 214 g/mol. The van der Waals surface area contributed by atoms with E-state index < -0.39 is 11.5 Å². The summed E-state index contributed by atoms with van der Waals surface area (Å²) in [4.78, 5) is 22.6. The van der Waals surface area contributed by atoms with E-state index >= 15 is 0 Å². The highest BCUT2D eigenvalue weighted by Gasteiger charge is 2.35. The Bertz CT molecular complexity index is 276. The Labute approximate surface area is 89.2 Å². The number of aliphatic carboxylic acids is 1. The van der Waals surface area contributed by atoms with E-state index in [2.05, 4.69) is 10.6 Å². The summed E-state index contributed by atoms with van der Waals surface area (Å²) in [6, 6.07) is 0. The first-order chi connectivity index (χ1) is 6.84. The van der Waals surface area contributed by atoms with Crippen molar-refractivity contribution < 1.29 is 14.7 Å². The molecule has 0 radical (unpaired) electrons. The predicted molar refractivity (Wildman–Crippen MR) is 55.4 cm³/mol. The Hall–Kier alpha value is -1.10. The van der Waals surface area contributed by atoms with Crippen LogP contribution >= 0.6 is 0 Å². The molecule has 5 heteroatoms. The first-order valence-electron chi connectivity index (χ1n) is 5.10. The van der Waals surface area contributed by atoms with E-state index in [0.717, 1.165) is 6.54 Å². The summed E-state index contributed by atoms with van der Waals surface area (Å²) in [5.41, 5.74) is -1.20. The SMILES string of the molecule is CC1CNCC1C(=O)NC(C)(C)C(=O)O. The lowest BCUT2D eigenvalue weighted by atomic mass is 9.95. The van der Waals surface area contributed by atoms with E-state index in [4.69, 9.17) is 5.11 Å². The summed E-state index contributed by atoms with van der Waals surface area (Å²) >= 11 is 0. The number of carboxylic acid groups (broad SMARTS) is 1. The van der Waals surface area contributed by atoms with Crippen LogP contribution < -0.4 is 10.6 Å². The summed E-state index contributed by atoms with van der Waals surface area (Å²) in [5, 5.41) is 14.5. The average molecular weight is 214 g/mol. The zero-order valence-electron chi connectivity index (χ0n) is 9.33. The standard InChI is InChI=1S/C10H18N2O3/c1-6-4-11-5-7(6)8(13)12-10(2,3)9(14)15/h6-7,11H,4-5H2,1-3H3,(H,12,13)(H,14,15). The lowest BCUT2D eigenvalue weighted by Gasteiger charge is -2.24. The van der Waals surface area contributed by atoms with Gasteiger partial charge in [-0.15, -0.1) is 0 Å². The van der Waals surface area contributed by atoms with E-state index in [1.165, 1.54) is 13.8 Å². The molecule has 5 nitrogen and oxygen atoms in total. The molecule has 0 aromatic rings. The number of rotatable bonds is 3. The normalized spacial score (nSPS) is 26.3. The van der Waals surface area contributed by atoms with E-state index in [0.29, 0.717) is 6.54 Å². The van der Waals surface area contributed by atoms with E-state index in [1.807, 2.05) is 6.92 Å². The highest BCUT2D eigenvalue weighted by atomic mass is 16.4. The van der Waals surface area contributed by atoms with Gasteiger partial charge in [-0.05, 0) is 26.3 Å². The third-order valence-corrected chi connectivity index (χ3v) is 2.82. The molecule has 0 spiro atoms. The van der Waals surface area contributed by atoms with Gasteiger partial charge in [-0.2, -0.15) is 0 Å². The minimum atomic E-state index is -1.20. The molecule has 1 aliphatic heterocycles. The van der Waals surface area contributed by atoms with Gasteiger partial charge in [0, 0.05) is 6.54 Å². The molecule has 0 saturated carbocycles. The van der Waals surface area contributed by atoms with Crippen molar-refractivity contribution in [2.75, 3.05) is 13.1 Å². The third-order valence-electron chi connectivity index (χ3n) is 2.82. The van der Waals surface area contributed by atoms with Gasteiger partial charge in [0.05, 0.1) is 5.92 Å². The Morgan fingerprint density at radius 1 is 1.40 bits per heavy atom. The first kappa shape index (κ1) is 12.0.